The van der Waals surface area contributed by atoms with Gasteiger partial charge in [-0.25, -0.2) is 0 Å². The van der Waals surface area contributed by atoms with Gasteiger partial charge in [0.25, 0.3) is 5.91 Å². The third kappa shape index (κ3) is 6.00. The normalized spacial score (nSPS) is 25.5. The Bertz CT molecular complexity index is 1290. The molecule has 1 amide bonds. The lowest BCUT2D eigenvalue weighted by Crippen LogP contribution is -2.49. The molecule has 2 aliphatic carbocycles. The fourth-order valence-corrected chi connectivity index (χ4v) is 7.31. The van der Waals surface area contributed by atoms with Gasteiger partial charge in [0.15, 0.2) is 0 Å². The summed E-state index contributed by atoms with van der Waals surface area (Å²) in [7, 11) is -0.456. The van der Waals surface area contributed by atoms with E-state index in [9.17, 15) is 9.90 Å². The number of carbonyl (C=O) groups excluding carboxylic acids is 1. The van der Waals surface area contributed by atoms with Gasteiger partial charge in [-0.15, -0.1) is 0 Å². The highest BCUT2D eigenvalue weighted by molar-refractivity contribution is 8.13. The number of ether oxygens (including phenoxy) is 1. The molecule has 1 spiro atoms. The molecule has 1 heterocycles. The van der Waals surface area contributed by atoms with Gasteiger partial charge in [-0.3, -0.25) is 4.79 Å². The van der Waals surface area contributed by atoms with Crippen molar-refractivity contribution in [1.29, 1.82) is 0 Å². The number of benzene rings is 2. The van der Waals surface area contributed by atoms with E-state index in [1.165, 1.54) is 11.1 Å². The molecule has 0 radical (unpaired) electrons. The molecular weight excluding hydrogens is 540 g/mol. The van der Waals surface area contributed by atoms with Crippen LogP contribution in [0.1, 0.15) is 74.4 Å². The van der Waals surface area contributed by atoms with E-state index in [1.807, 2.05) is 30.3 Å². The minimum absolute atomic E-state index is 0.104. The van der Waals surface area contributed by atoms with E-state index in [4.69, 9.17) is 16.3 Å². The van der Waals surface area contributed by atoms with Crippen molar-refractivity contribution in [3.05, 3.63) is 70.3 Å². The Morgan fingerprint density at radius 2 is 2.12 bits per heavy atom. The number of carbonyl (C=O) groups is 1. The minimum atomic E-state index is -0.456. The Balaban J connectivity index is 1.50. The van der Waals surface area contributed by atoms with Crippen LogP contribution in [-0.2, 0) is 11.8 Å². The molecule has 2 aromatic rings. The second-order valence-corrected chi connectivity index (χ2v) is 14.5. The molecule has 216 valence electrons. The molecule has 40 heavy (non-hydrogen) atoms. The van der Waals surface area contributed by atoms with E-state index in [0.717, 1.165) is 68.1 Å². The lowest BCUT2D eigenvalue weighted by molar-refractivity contribution is 0.0456. The zero-order chi connectivity index (χ0) is 28.4. The summed E-state index contributed by atoms with van der Waals surface area (Å²) in [6.45, 7) is 8.43. The molecule has 2 aromatic carbocycles. The maximum absolute atomic E-state index is 13.2. The van der Waals surface area contributed by atoms with Crippen LogP contribution in [0.4, 0.5) is 5.69 Å². The third-order valence-corrected chi connectivity index (χ3v) is 10.9. The second kappa shape index (κ2) is 12.3. The van der Waals surface area contributed by atoms with Crippen LogP contribution in [0.3, 0.4) is 0 Å². The van der Waals surface area contributed by atoms with Gasteiger partial charge in [-0.2, -0.15) is 0 Å². The molecule has 2 N–H and O–H groups in total. The van der Waals surface area contributed by atoms with Crippen molar-refractivity contribution in [3.8, 4) is 5.75 Å². The van der Waals surface area contributed by atoms with Gasteiger partial charge >= 0.3 is 0 Å². The van der Waals surface area contributed by atoms with Crippen molar-refractivity contribution < 1.29 is 14.6 Å². The summed E-state index contributed by atoms with van der Waals surface area (Å²) in [5, 5.41) is 11.9. The predicted molar refractivity (Wildman–Crippen MR) is 169 cm³/mol. The number of aliphatic hydroxyl groups excluding tert-OH is 1. The average molecular weight is 583 g/mol. The first kappa shape index (κ1) is 29.2. The Labute approximate surface area is 247 Å². The monoisotopic (exact) mass is 582 g/mol. The number of hydrogen-bond acceptors (Lipinski definition) is 4. The number of aliphatic hydroxyl groups is 1. The molecule has 5 rings (SSSR count). The fraction of sp³-hybridized carbons (Fsp3) is 0.515. The van der Waals surface area contributed by atoms with Crippen molar-refractivity contribution >= 4 is 39.7 Å². The molecule has 0 saturated heterocycles. The quantitative estimate of drug-likeness (QED) is 0.262. The van der Waals surface area contributed by atoms with Crippen LogP contribution in [0.15, 0.2) is 48.6 Å². The van der Waals surface area contributed by atoms with Gasteiger partial charge in [0.2, 0.25) is 0 Å². The van der Waals surface area contributed by atoms with Gasteiger partial charge in [0, 0.05) is 34.3 Å². The molecule has 5 atom stereocenters. The number of amides is 1. The summed E-state index contributed by atoms with van der Waals surface area (Å²) < 4.78 is 9.67. The van der Waals surface area contributed by atoms with Crippen molar-refractivity contribution in [2.45, 2.75) is 76.1 Å². The van der Waals surface area contributed by atoms with Crippen LogP contribution in [0.5, 0.6) is 5.75 Å². The molecule has 0 bridgehead atoms. The summed E-state index contributed by atoms with van der Waals surface area (Å²) in [5.74, 6) is 5.46. The average Bonchev–Trinajstić information content (AvgIpc) is 3.06. The summed E-state index contributed by atoms with van der Waals surface area (Å²) in [4.78, 5) is 15.7. The van der Waals surface area contributed by atoms with Crippen molar-refractivity contribution in [2.24, 2.45) is 11.8 Å². The highest BCUT2D eigenvalue weighted by Crippen LogP contribution is 2.46. The fourth-order valence-electron chi connectivity index (χ4n) is 6.52. The molecule has 3 aliphatic rings. The Kier molecular flexibility index (Phi) is 8.98. The maximum Gasteiger partial charge on any atom is 0.260 e. The second-order valence-electron chi connectivity index (χ2n) is 12.0. The van der Waals surface area contributed by atoms with Gasteiger partial charge < -0.3 is 19.5 Å². The Morgan fingerprint density at radius 3 is 2.85 bits per heavy atom. The molecule has 1 fully saturated rings. The molecule has 1 aliphatic heterocycles. The van der Waals surface area contributed by atoms with Gasteiger partial charge in [0.1, 0.15) is 5.75 Å². The smallest absolute Gasteiger partial charge is 0.260 e. The van der Waals surface area contributed by atoms with Crippen molar-refractivity contribution in [2.75, 3.05) is 24.6 Å². The first-order chi connectivity index (χ1) is 19.2. The van der Waals surface area contributed by atoms with E-state index >= 15 is 0 Å². The van der Waals surface area contributed by atoms with Crippen LogP contribution >= 0.6 is 22.3 Å². The standard InChI is InChI=1S/C33H43ClN2O3S/c1-5-6-9-30(37)27-13-10-25(27)19-36-20-33(16-7-8-23-17-26(34)12-14-28(23)33)21-39-31-15-11-24(18-29(31)36)32(38)35-40(4)22(2)3/h6,9,11-12,14-15,17-18,22,25,27,30,37H,4-5,7-8,10,13,16,19-21H2,1-3H3,(H,35,38)/b9-6+/t25?,27?,30?,33-,40?/m0/s1. The van der Waals surface area contributed by atoms with Crippen LogP contribution in [0.2, 0.25) is 5.02 Å². The largest absolute Gasteiger partial charge is 0.490 e. The van der Waals surface area contributed by atoms with E-state index in [2.05, 4.69) is 54.5 Å². The van der Waals surface area contributed by atoms with Crippen molar-refractivity contribution in [3.63, 3.8) is 0 Å². The van der Waals surface area contributed by atoms with Gasteiger partial charge in [-0.05, 0) is 91.8 Å². The molecular formula is C33H43ClN2O3S. The number of halogens is 1. The number of aryl methyl sites for hydroxylation is 1. The van der Waals surface area contributed by atoms with Gasteiger partial charge in [0.05, 0.1) is 18.4 Å². The summed E-state index contributed by atoms with van der Waals surface area (Å²) >= 11 is 6.40. The molecule has 4 unspecified atom stereocenters. The highest BCUT2D eigenvalue weighted by atomic mass is 35.5. The number of allylic oxidation sites excluding steroid dienone is 1. The van der Waals surface area contributed by atoms with E-state index in [-0.39, 0.29) is 22.5 Å². The number of anilines is 1. The summed E-state index contributed by atoms with van der Waals surface area (Å²) in [6, 6.07) is 12.1. The Hall–Kier alpha value is -2.28. The maximum atomic E-state index is 13.2. The summed E-state index contributed by atoms with van der Waals surface area (Å²) in [6.07, 6.45) is 9.80. The lowest BCUT2D eigenvalue weighted by Gasteiger charge is -2.45. The first-order valence-electron chi connectivity index (χ1n) is 14.7. The number of hydrogen-bond donors (Lipinski definition) is 2. The zero-order valence-corrected chi connectivity index (χ0v) is 25.6. The SMILES string of the molecule is C=S(NC(=O)c1ccc2c(c1)N(CC1CCC1C(O)/C=C/CC)C[C@@]1(CCCc3cc(Cl)ccc31)CO2)C(C)C. The summed E-state index contributed by atoms with van der Waals surface area (Å²) in [5.41, 5.74) is 4.05. The van der Waals surface area contributed by atoms with Crippen LogP contribution in [0.25, 0.3) is 0 Å². The third-order valence-electron chi connectivity index (χ3n) is 9.03. The van der Waals surface area contributed by atoms with Gasteiger partial charge in [-0.1, -0.05) is 67.1 Å². The number of nitrogens with one attached hydrogen (secondary N) is 1. The van der Waals surface area contributed by atoms with Crippen LogP contribution in [0, 0.1) is 11.8 Å². The molecule has 0 aromatic heterocycles. The number of nitrogens with zero attached hydrogens (tertiary/aromatic N) is 1. The number of fused-ring (bicyclic) bond motifs is 3. The predicted octanol–water partition coefficient (Wildman–Crippen LogP) is 6.92. The van der Waals surface area contributed by atoms with Crippen molar-refractivity contribution in [1.82, 2.24) is 4.72 Å². The molecule has 1 saturated carbocycles. The highest BCUT2D eigenvalue weighted by Gasteiger charge is 2.44. The zero-order valence-electron chi connectivity index (χ0n) is 24.0. The Morgan fingerprint density at radius 1 is 1.30 bits per heavy atom. The van der Waals surface area contributed by atoms with Crippen LogP contribution in [-0.4, -0.2) is 47.9 Å². The minimum Gasteiger partial charge on any atom is -0.490 e. The van der Waals surface area contributed by atoms with E-state index in [0.29, 0.717) is 18.1 Å². The molecule has 7 heteroatoms. The lowest BCUT2D eigenvalue weighted by atomic mass is 9.68. The van der Waals surface area contributed by atoms with E-state index in [1.54, 1.807) is 0 Å². The first-order valence-corrected chi connectivity index (χ1v) is 16.5. The number of rotatable bonds is 8. The topological polar surface area (TPSA) is 61.8 Å². The molecule has 5 nitrogen and oxygen atoms in total. The van der Waals surface area contributed by atoms with E-state index < -0.39 is 16.8 Å². The van der Waals surface area contributed by atoms with Crippen LogP contribution < -0.4 is 14.4 Å².